The number of rotatable bonds is 2. The first-order valence-electron chi connectivity index (χ1n) is 6.57. The fourth-order valence-corrected chi connectivity index (χ4v) is 3.00. The third-order valence-corrected chi connectivity index (χ3v) is 3.99. The van der Waals surface area contributed by atoms with E-state index in [1.54, 1.807) is 24.8 Å². The summed E-state index contributed by atoms with van der Waals surface area (Å²) < 4.78 is 0.822. The molecular formula is C15H14BrN3O. The average Bonchev–Trinajstić information content (AvgIpc) is 2.97. The van der Waals surface area contributed by atoms with Crippen molar-refractivity contribution in [3.63, 3.8) is 0 Å². The predicted octanol–water partition coefficient (Wildman–Crippen LogP) is 3.22. The second kappa shape index (κ2) is 5.71. The fraction of sp³-hybridized carbons (Fsp3) is 0.267. The molecular weight excluding hydrogens is 318 g/mol. The molecule has 20 heavy (non-hydrogen) atoms. The van der Waals surface area contributed by atoms with Gasteiger partial charge in [0.25, 0.3) is 5.91 Å². The Labute approximate surface area is 126 Å². The van der Waals surface area contributed by atoms with Gasteiger partial charge in [0.1, 0.15) is 0 Å². The van der Waals surface area contributed by atoms with Gasteiger partial charge in [-0.2, -0.15) is 0 Å². The summed E-state index contributed by atoms with van der Waals surface area (Å²) >= 11 is 3.36. The lowest BCUT2D eigenvalue weighted by Crippen LogP contribution is -2.30. The fourth-order valence-electron chi connectivity index (χ4n) is 2.64. The van der Waals surface area contributed by atoms with Gasteiger partial charge in [-0.3, -0.25) is 14.8 Å². The van der Waals surface area contributed by atoms with Crippen molar-refractivity contribution in [3.8, 4) is 0 Å². The zero-order valence-electron chi connectivity index (χ0n) is 10.9. The van der Waals surface area contributed by atoms with E-state index < -0.39 is 0 Å². The third kappa shape index (κ3) is 2.58. The van der Waals surface area contributed by atoms with Crippen LogP contribution in [-0.2, 0) is 0 Å². The predicted molar refractivity (Wildman–Crippen MR) is 79.2 cm³/mol. The molecule has 1 fully saturated rings. The van der Waals surface area contributed by atoms with Gasteiger partial charge >= 0.3 is 0 Å². The molecule has 0 aromatic carbocycles. The van der Waals surface area contributed by atoms with Crippen LogP contribution in [0.15, 0.2) is 47.5 Å². The summed E-state index contributed by atoms with van der Waals surface area (Å²) in [5, 5.41) is 0. The van der Waals surface area contributed by atoms with Gasteiger partial charge in [-0.25, -0.2) is 0 Å². The van der Waals surface area contributed by atoms with Crippen LogP contribution in [0.3, 0.4) is 0 Å². The first-order valence-corrected chi connectivity index (χ1v) is 7.36. The van der Waals surface area contributed by atoms with Gasteiger partial charge in [0.2, 0.25) is 0 Å². The van der Waals surface area contributed by atoms with Gasteiger partial charge < -0.3 is 4.90 Å². The summed E-state index contributed by atoms with van der Waals surface area (Å²) in [6.07, 6.45) is 8.88. The van der Waals surface area contributed by atoms with Gasteiger partial charge in [-0.15, -0.1) is 0 Å². The monoisotopic (exact) mass is 331 g/mol. The van der Waals surface area contributed by atoms with Crippen LogP contribution in [0.1, 0.15) is 34.8 Å². The highest BCUT2D eigenvalue weighted by Gasteiger charge is 2.30. The van der Waals surface area contributed by atoms with Crippen molar-refractivity contribution in [2.24, 2.45) is 0 Å². The zero-order valence-corrected chi connectivity index (χ0v) is 12.5. The number of hydrogen-bond donors (Lipinski definition) is 0. The summed E-state index contributed by atoms with van der Waals surface area (Å²) in [6, 6.07) is 5.92. The molecule has 102 valence electrons. The summed E-state index contributed by atoms with van der Waals surface area (Å²) in [6.45, 7) is 0.790. The third-order valence-electron chi connectivity index (χ3n) is 3.56. The first-order chi connectivity index (χ1) is 9.75. The number of hydrogen-bond acceptors (Lipinski definition) is 3. The average molecular weight is 332 g/mol. The zero-order chi connectivity index (χ0) is 13.9. The second-order valence-corrected chi connectivity index (χ2v) is 5.74. The molecule has 1 aliphatic rings. The van der Waals surface area contributed by atoms with E-state index in [1.807, 2.05) is 23.1 Å². The molecule has 2 aromatic heterocycles. The number of amides is 1. The number of likely N-dealkylation sites (tertiary alicyclic amines) is 1. The smallest absolute Gasteiger partial charge is 0.255 e. The Hall–Kier alpha value is -1.75. The number of carbonyl (C=O) groups is 1. The van der Waals surface area contributed by atoms with E-state index in [0.717, 1.165) is 29.4 Å². The summed E-state index contributed by atoms with van der Waals surface area (Å²) in [7, 11) is 0. The Morgan fingerprint density at radius 2 is 2.05 bits per heavy atom. The number of nitrogens with zero attached hydrogens (tertiary/aromatic N) is 3. The lowest BCUT2D eigenvalue weighted by Gasteiger charge is -2.25. The molecule has 2 aromatic rings. The van der Waals surface area contributed by atoms with Crippen LogP contribution < -0.4 is 0 Å². The molecule has 1 unspecified atom stereocenters. The van der Waals surface area contributed by atoms with Crippen LogP contribution in [0.2, 0.25) is 0 Å². The number of aromatic nitrogens is 2. The van der Waals surface area contributed by atoms with Crippen molar-refractivity contribution in [1.82, 2.24) is 14.9 Å². The maximum absolute atomic E-state index is 12.6. The van der Waals surface area contributed by atoms with Crippen molar-refractivity contribution in [2.75, 3.05) is 6.54 Å². The molecule has 1 aliphatic heterocycles. The Bertz CT molecular complexity index is 618. The minimum absolute atomic E-state index is 0.0399. The van der Waals surface area contributed by atoms with Crippen molar-refractivity contribution in [1.29, 1.82) is 0 Å². The summed E-state index contributed by atoms with van der Waals surface area (Å²) in [5.41, 5.74) is 1.77. The number of pyridine rings is 2. The highest BCUT2D eigenvalue weighted by atomic mass is 79.9. The molecule has 0 aliphatic carbocycles. The minimum atomic E-state index is 0.0399. The maximum atomic E-state index is 12.6. The lowest BCUT2D eigenvalue weighted by molar-refractivity contribution is 0.0735. The SMILES string of the molecule is O=C(c1cncc(Br)c1)N1CCCC1c1ccncc1. The van der Waals surface area contributed by atoms with Gasteiger partial charge in [-0.05, 0) is 52.5 Å². The molecule has 0 radical (unpaired) electrons. The summed E-state index contributed by atoms with van der Waals surface area (Å²) in [5.74, 6) is 0.0399. The Morgan fingerprint density at radius 3 is 2.80 bits per heavy atom. The standard InChI is InChI=1S/C15H14BrN3O/c16-13-8-12(9-18-10-13)15(20)19-7-1-2-14(19)11-3-5-17-6-4-11/h3-6,8-10,14H,1-2,7H2. The van der Waals surface area contributed by atoms with E-state index in [4.69, 9.17) is 0 Å². The molecule has 1 atom stereocenters. The molecule has 0 saturated carbocycles. The van der Waals surface area contributed by atoms with Gasteiger partial charge in [0, 0.05) is 35.8 Å². The highest BCUT2D eigenvalue weighted by Crippen LogP contribution is 2.32. The molecule has 3 heterocycles. The molecule has 1 saturated heterocycles. The Morgan fingerprint density at radius 1 is 1.25 bits per heavy atom. The Balaban J connectivity index is 1.87. The molecule has 4 nitrogen and oxygen atoms in total. The summed E-state index contributed by atoms with van der Waals surface area (Å²) in [4.78, 5) is 22.7. The molecule has 3 rings (SSSR count). The maximum Gasteiger partial charge on any atom is 0.255 e. The number of halogens is 1. The normalized spacial score (nSPS) is 18.2. The molecule has 0 spiro atoms. The van der Waals surface area contributed by atoms with E-state index in [9.17, 15) is 4.79 Å². The van der Waals surface area contributed by atoms with Crippen LogP contribution in [0.25, 0.3) is 0 Å². The van der Waals surface area contributed by atoms with E-state index in [1.165, 1.54) is 0 Å². The van der Waals surface area contributed by atoms with Gasteiger partial charge in [0.05, 0.1) is 11.6 Å². The Kier molecular flexibility index (Phi) is 3.78. The molecule has 5 heteroatoms. The minimum Gasteiger partial charge on any atom is -0.332 e. The van der Waals surface area contributed by atoms with Crippen molar-refractivity contribution in [3.05, 3.63) is 58.6 Å². The quantitative estimate of drug-likeness (QED) is 0.848. The number of carbonyl (C=O) groups excluding carboxylic acids is 1. The first kappa shape index (κ1) is 13.2. The van der Waals surface area contributed by atoms with Crippen molar-refractivity contribution >= 4 is 21.8 Å². The highest BCUT2D eigenvalue weighted by molar-refractivity contribution is 9.10. The van der Waals surface area contributed by atoms with Crippen LogP contribution >= 0.6 is 15.9 Å². The topological polar surface area (TPSA) is 46.1 Å². The lowest BCUT2D eigenvalue weighted by atomic mass is 10.1. The van der Waals surface area contributed by atoms with Crippen LogP contribution in [-0.4, -0.2) is 27.3 Å². The van der Waals surface area contributed by atoms with Crippen molar-refractivity contribution in [2.45, 2.75) is 18.9 Å². The largest absolute Gasteiger partial charge is 0.332 e. The van der Waals surface area contributed by atoms with Crippen LogP contribution in [0, 0.1) is 0 Å². The second-order valence-electron chi connectivity index (χ2n) is 4.83. The van der Waals surface area contributed by atoms with Gasteiger partial charge in [-0.1, -0.05) is 0 Å². The van der Waals surface area contributed by atoms with Crippen LogP contribution in [0.5, 0.6) is 0 Å². The van der Waals surface area contributed by atoms with Crippen LogP contribution in [0.4, 0.5) is 0 Å². The van der Waals surface area contributed by atoms with Gasteiger partial charge in [0.15, 0.2) is 0 Å². The van der Waals surface area contributed by atoms with E-state index in [0.29, 0.717) is 5.56 Å². The van der Waals surface area contributed by atoms with E-state index >= 15 is 0 Å². The molecule has 0 N–H and O–H groups in total. The molecule has 0 bridgehead atoms. The molecule has 1 amide bonds. The van der Waals surface area contributed by atoms with E-state index in [2.05, 4.69) is 25.9 Å². The van der Waals surface area contributed by atoms with E-state index in [-0.39, 0.29) is 11.9 Å². The van der Waals surface area contributed by atoms with Crippen molar-refractivity contribution < 1.29 is 4.79 Å².